The number of nitrogens with one attached hydrogen (secondary N) is 1. The lowest BCUT2D eigenvalue weighted by molar-refractivity contribution is -0.130. The molecule has 0 atom stereocenters. The molecule has 0 radical (unpaired) electrons. The molecule has 1 rings (SSSR count). The van der Waals surface area contributed by atoms with E-state index in [9.17, 15) is 4.79 Å². The average Bonchev–Trinajstić information content (AvgIpc) is 2.30. The lowest BCUT2D eigenvalue weighted by Crippen LogP contribution is -2.39. The maximum atomic E-state index is 11.7. The number of amides is 1. The Hall–Kier alpha value is -1.42. The molecule has 0 unspecified atom stereocenters. The molecule has 0 spiro atoms. The normalized spacial score (nSPS) is 10.6. The van der Waals surface area contributed by atoms with Crippen LogP contribution in [0.4, 0.5) is 0 Å². The molecule has 4 heteroatoms. The molecule has 1 amide bonds. The molecule has 1 aromatic heterocycles. The Morgan fingerprint density at radius 2 is 2.18 bits per heavy atom. The fraction of sp³-hybridized carbons (Fsp3) is 0.538. The molecule has 0 saturated carbocycles. The van der Waals surface area contributed by atoms with Gasteiger partial charge in [-0.3, -0.25) is 9.78 Å². The summed E-state index contributed by atoms with van der Waals surface area (Å²) in [4.78, 5) is 17.6. The molecule has 0 aromatic carbocycles. The summed E-state index contributed by atoms with van der Waals surface area (Å²) in [7, 11) is 1.82. The van der Waals surface area contributed by atoms with Gasteiger partial charge in [0.2, 0.25) is 5.91 Å². The van der Waals surface area contributed by atoms with Crippen molar-refractivity contribution in [3.63, 3.8) is 0 Å². The van der Waals surface area contributed by atoms with E-state index in [1.807, 2.05) is 46.1 Å². The van der Waals surface area contributed by atoms with Crippen LogP contribution in [0, 0.1) is 6.92 Å². The molecule has 94 valence electrons. The summed E-state index contributed by atoms with van der Waals surface area (Å²) < 4.78 is 0. The van der Waals surface area contributed by atoms with Gasteiger partial charge in [0.1, 0.15) is 0 Å². The van der Waals surface area contributed by atoms with Crippen LogP contribution in [-0.2, 0) is 11.3 Å². The van der Waals surface area contributed by atoms with E-state index in [0.717, 1.165) is 11.3 Å². The third-order valence-corrected chi connectivity index (χ3v) is 2.75. The van der Waals surface area contributed by atoms with Crippen molar-refractivity contribution < 1.29 is 4.79 Å². The van der Waals surface area contributed by atoms with E-state index in [-0.39, 0.29) is 11.9 Å². The second-order valence-corrected chi connectivity index (χ2v) is 4.51. The van der Waals surface area contributed by atoms with Crippen LogP contribution in [0.1, 0.15) is 25.1 Å². The summed E-state index contributed by atoms with van der Waals surface area (Å²) in [6.45, 7) is 7.00. The number of likely N-dealkylation sites (N-methyl/N-ethyl adjacent to an activating group) is 1. The van der Waals surface area contributed by atoms with Crippen molar-refractivity contribution in [1.29, 1.82) is 0 Å². The third kappa shape index (κ3) is 4.53. The molecule has 0 fully saturated rings. The Labute approximate surface area is 103 Å². The van der Waals surface area contributed by atoms with E-state index in [1.54, 1.807) is 4.90 Å². The molecule has 0 saturated heterocycles. The number of aromatic nitrogens is 1. The van der Waals surface area contributed by atoms with Gasteiger partial charge in [-0.2, -0.15) is 0 Å². The quantitative estimate of drug-likeness (QED) is 0.838. The van der Waals surface area contributed by atoms with Gasteiger partial charge in [-0.15, -0.1) is 0 Å². The molecular weight excluding hydrogens is 214 g/mol. The van der Waals surface area contributed by atoms with Crippen LogP contribution >= 0.6 is 0 Å². The van der Waals surface area contributed by atoms with Crippen molar-refractivity contribution in [3.8, 4) is 0 Å². The van der Waals surface area contributed by atoms with Gasteiger partial charge in [0.05, 0.1) is 6.54 Å². The lowest BCUT2D eigenvalue weighted by Gasteiger charge is -2.21. The fourth-order valence-electron chi connectivity index (χ4n) is 1.33. The van der Waals surface area contributed by atoms with Crippen LogP contribution in [0.15, 0.2) is 18.3 Å². The molecule has 1 aromatic rings. The van der Waals surface area contributed by atoms with Gasteiger partial charge in [0, 0.05) is 31.5 Å². The fourth-order valence-corrected chi connectivity index (χ4v) is 1.33. The van der Waals surface area contributed by atoms with E-state index >= 15 is 0 Å². The Morgan fingerprint density at radius 1 is 1.47 bits per heavy atom. The Bertz CT molecular complexity index is 359. The predicted octanol–water partition coefficient (Wildman–Crippen LogP) is 1.35. The first-order valence-electron chi connectivity index (χ1n) is 5.88. The number of rotatable bonds is 5. The number of hydrogen-bond acceptors (Lipinski definition) is 3. The monoisotopic (exact) mass is 235 g/mol. The molecule has 1 N–H and O–H groups in total. The SMILES string of the molecule is Cc1ccc(CNCC(=O)N(C)C(C)C)cn1. The molecule has 4 nitrogen and oxygen atoms in total. The van der Waals surface area contributed by atoms with E-state index in [0.29, 0.717) is 13.1 Å². The van der Waals surface area contributed by atoms with Crippen LogP contribution in [0.5, 0.6) is 0 Å². The van der Waals surface area contributed by atoms with Crippen LogP contribution in [0.2, 0.25) is 0 Å². The van der Waals surface area contributed by atoms with Crippen LogP contribution < -0.4 is 5.32 Å². The Morgan fingerprint density at radius 3 is 2.71 bits per heavy atom. The summed E-state index contributed by atoms with van der Waals surface area (Å²) in [6.07, 6.45) is 1.83. The van der Waals surface area contributed by atoms with E-state index in [1.165, 1.54) is 0 Å². The molecule has 0 aliphatic rings. The smallest absolute Gasteiger partial charge is 0.236 e. The number of aryl methyl sites for hydroxylation is 1. The molecule has 17 heavy (non-hydrogen) atoms. The first-order valence-corrected chi connectivity index (χ1v) is 5.88. The van der Waals surface area contributed by atoms with E-state index in [2.05, 4.69) is 10.3 Å². The van der Waals surface area contributed by atoms with Crippen LogP contribution in [0.3, 0.4) is 0 Å². The van der Waals surface area contributed by atoms with Gasteiger partial charge < -0.3 is 10.2 Å². The molecular formula is C13H21N3O. The lowest BCUT2D eigenvalue weighted by atomic mass is 10.2. The third-order valence-electron chi connectivity index (χ3n) is 2.75. The Kier molecular flexibility index (Phi) is 5.10. The summed E-state index contributed by atoms with van der Waals surface area (Å²) in [6, 6.07) is 4.23. The van der Waals surface area contributed by atoms with Crippen LogP contribution in [-0.4, -0.2) is 35.4 Å². The van der Waals surface area contributed by atoms with E-state index < -0.39 is 0 Å². The summed E-state index contributed by atoms with van der Waals surface area (Å²) in [5, 5.41) is 3.13. The highest BCUT2D eigenvalue weighted by Crippen LogP contribution is 1.99. The zero-order chi connectivity index (χ0) is 12.8. The molecule has 0 aliphatic heterocycles. The van der Waals surface area contributed by atoms with Gasteiger partial charge in [-0.1, -0.05) is 6.07 Å². The zero-order valence-electron chi connectivity index (χ0n) is 11.0. The maximum Gasteiger partial charge on any atom is 0.236 e. The minimum atomic E-state index is 0.111. The van der Waals surface area contributed by atoms with E-state index in [4.69, 9.17) is 0 Å². The van der Waals surface area contributed by atoms with Gasteiger partial charge in [-0.05, 0) is 32.4 Å². The number of nitrogens with zero attached hydrogens (tertiary/aromatic N) is 2. The molecule has 0 aliphatic carbocycles. The topological polar surface area (TPSA) is 45.2 Å². The van der Waals surface area contributed by atoms with Crippen molar-refractivity contribution in [2.24, 2.45) is 0 Å². The minimum Gasteiger partial charge on any atom is -0.342 e. The van der Waals surface area contributed by atoms with Crippen molar-refractivity contribution in [3.05, 3.63) is 29.6 Å². The van der Waals surface area contributed by atoms with Gasteiger partial charge in [0.25, 0.3) is 0 Å². The number of hydrogen-bond donors (Lipinski definition) is 1. The minimum absolute atomic E-state index is 0.111. The summed E-state index contributed by atoms with van der Waals surface area (Å²) >= 11 is 0. The largest absolute Gasteiger partial charge is 0.342 e. The highest BCUT2D eigenvalue weighted by Gasteiger charge is 2.10. The van der Waals surface area contributed by atoms with Crippen molar-refractivity contribution in [2.45, 2.75) is 33.4 Å². The van der Waals surface area contributed by atoms with Gasteiger partial charge >= 0.3 is 0 Å². The molecule has 1 heterocycles. The standard InChI is InChI=1S/C13H21N3O/c1-10(2)16(4)13(17)9-14-7-12-6-5-11(3)15-8-12/h5-6,8,10,14H,7,9H2,1-4H3. The predicted molar refractivity (Wildman–Crippen MR) is 68.6 cm³/mol. The van der Waals surface area contributed by atoms with Crippen molar-refractivity contribution >= 4 is 5.91 Å². The maximum absolute atomic E-state index is 11.7. The first-order chi connectivity index (χ1) is 8.00. The highest BCUT2D eigenvalue weighted by molar-refractivity contribution is 5.78. The number of pyridine rings is 1. The second-order valence-electron chi connectivity index (χ2n) is 4.51. The van der Waals surface area contributed by atoms with Gasteiger partial charge in [-0.25, -0.2) is 0 Å². The van der Waals surface area contributed by atoms with Crippen molar-refractivity contribution in [2.75, 3.05) is 13.6 Å². The second kappa shape index (κ2) is 6.35. The first kappa shape index (κ1) is 13.6. The number of carbonyl (C=O) groups excluding carboxylic acids is 1. The number of carbonyl (C=O) groups is 1. The Balaban J connectivity index is 2.33. The average molecular weight is 235 g/mol. The molecule has 0 bridgehead atoms. The van der Waals surface area contributed by atoms with Crippen molar-refractivity contribution in [1.82, 2.24) is 15.2 Å². The van der Waals surface area contributed by atoms with Crippen LogP contribution in [0.25, 0.3) is 0 Å². The van der Waals surface area contributed by atoms with Gasteiger partial charge in [0.15, 0.2) is 0 Å². The zero-order valence-corrected chi connectivity index (χ0v) is 11.0. The highest BCUT2D eigenvalue weighted by atomic mass is 16.2. The summed E-state index contributed by atoms with van der Waals surface area (Å²) in [5.41, 5.74) is 2.10. The summed E-state index contributed by atoms with van der Waals surface area (Å²) in [5.74, 6) is 0.111.